The van der Waals surface area contributed by atoms with Gasteiger partial charge in [0.2, 0.25) is 23.6 Å². The highest BCUT2D eigenvalue weighted by Gasteiger charge is 2.36. The van der Waals surface area contributed by atoms with E-state index < -0.39 is 18.1 Å². The molecule has 3 aromatic rings. The average molecular weight is 651 g/mol. The van der Waals surface area contributed by atoms with E-state index in [1.54, 1.807) is 9.80 Å². The van der Waals surface area contributed by atoms with Crippen LogP contribution in [0.3, 0.4) is 0 Å². The first kappa shape index (κ1) is 34.5. The summed E-state index contributed by atoms with van der Waals surface area (Å²) in [6.45, 7) is 1.69. The number of rotatable bonds is 13. The van der Waals surface area contributed by atoms with E-state index in [4.69, 9.17) is 11.5 Å². The molecule has 5 rings (SSSR count). The van der Waals surface area contributed by atoms with E-state index in [9.17, 15) is 19.2 Å². The van der Waals surface area contributed by atoms with Crippen LogP contribution in [-0.2, 0) is 25.6 Å². The highest BCUT2D eigenvalue weighted by molar-refractivity contribution is 5.99. The van der Waals surface area contributed by atoms with Crippen molar-refractivity contribution in [2.45, 2.75) is 69.5 Å². The third-order valence-electron chi connectivity index (χ3n) is 9.02. The Morgan fingerprint density at radius 3 is 1.79 bits per heavy atom. The van der Waals surface area contributed by atoms with E-state index in [0.717, 1.165) is 42.4 Å². The van der Waals surface area contributed by atoms with Crippen LogP contribution < -0.4 is 22.1 Å². The molecule has 3 atom stereocenters. The van der Waals surface area contributed by atoms with Crippen molar-refractivity contribution in [2.75, 3.05) is 30.3 Å². The summed E-state index contributed by atoms with van der Waals surface area (Å²) >= 11 is 0. The molecule has 6 N–H and O–H groups in total. The smallest absolute Gasteiger partial charge is 0.247 e. The third-order valence-corrected chi connectivity index (χ3v) is 9.02. The fraction of sp³-hybridized carbons (Fsp3) is 0.368. The lowest BCUT2D eigenvalue weighted by Gasteiger charge is -2.26. The van der Waals surface area contributed by atoms with Crippen LogP contribution >= 0.6 is 0 Å². The predicted molar refractivity (Wildman–Crippen MR) is 190 cm³/mol. The Bertz CT molecular complexity index is 1570. The predicted octanol–water partition coefficient (Wildman–Crippen LogP) is 4.42. The van der Waals surface area contributed by atoms with Crippen LogP contribution in [0.5, 0.6) is 0 Å². The summed E-state index contributed by atoms with van der Waals surface area (Å²) < 4.78 is 0. The number of nitrogens with one attached hydrogen (secondary N) is 2. The fourth-order valence-electron chi connectivity index (χ4n) is 6.36. The molecule has 2 aliphatic rings. The summed E-state index contributed by atoms with van der Waals surface area (Å²) in [6.07, 6.45) is 9.25. The minimum Gasteiger partial charge on any atom is -0.330 e. The second-order valence-electron chi connectivity index (χ2n) is 12.5. The van der Waals surface area contributed by atoms with E-state index >= 15 is 0 Å². The molecule has 10 heteroatoms. The van der Waals surface area contributed by atoms with Crippen molar-refractivity contribution in [3.8, 4) is 0 Å². The number of hydrogen-bond donors (Lipinski definition) is 4. The highest BCUT2D eigenvalue weighted by Crippen LogP contribution is 2.23. The fourth-order valence-corrected chi connectivity index (χ4v) is 6.36. The molecule has 0 aliphatic carbocycles. The van der Waals surface area contributed by atoms with Gasteiger partial charge in [0.25, 0.3) is 0 Å². The van der Waals surface area contributed by atoms with Gasteiger partial charge in [-0.15, -0.1) is 0 Å². The Morgan fingerprint density at radius 2 is 1.25 bits per heavy atom. The van der Waals surface area contributed by atoms with Crippen LogP contribution in [0, 0.1) is 0 Å². The molecule has 48 heavy (non-hydrogen) atoms. The van der Waals surface area contributed by atoms with Crippen LogP contribution in [-0.4, -0.2) is 71.2 Å². The summed E-state index contributed by atoms with van der Waals surface area (Å²) in [7, 11) is 0. The van der Waals surface area contributed by atoms with Gasteiger partial charge in [0.05, 0.1) is 12.5 Å². The maximum absolute atomic E-state index is 13.1. The van der Waals surface area contributed by atoms with E-state index in [1.807, 2.05) is 91.0 Å². The normalized spacial score (nSPS) is 18.2. The van der Waals surface area contributed by atoms with Crippen molar-refractivity contribution in [3.63, 3.8) is 0 Å². The van der Waals surface area contributed by atoms with Gasteiger partial charge in [-0.05, 0) is 86.0 Å². The van der Waals surface area contributed by atoms with Crippen LogP contribution in [0.15, 0.2) is 78.9 Å². The number of nitrogens with zero attached hydrogens (tertiary/aromatic N) is 2. The molecule has 4 amide bonds. The topological polar surface area (TPSA) is 151 Å². The molecule has 2 fully saturated rings. The van der Waals surface area contributed by atoms with Crippen molar-refractivity contribution >= 4 is 47.2 Å². The molecule has 0 bridgehead atoms. The third kappa shape index (κ3) is 9.17. The minimum absolute atomic E-state index is 0.0304. The highest BCUT2D eigenvalue weighted by atomic mass is 16.2. The van der Waals surface area contributed by atoms with Crippen molar-refractivity contribution in [2.24, 2.45) is 11.5 Å². The molecular formula is C38H46N6O4. The number of carbonyl (C=O) groups excluding carboxylic acids is 4. The van der Waals surface area contributed by atoms with E-state index in [-0.39, 0.29) is 30.0 Å². The number of anilines is 2. The maximum atomic E-state index is 13.1. The SMILES string of the molecule is NCCCCC(N)C(=O)N1CCC[C@H]1C(=O)Nc1ccc(C=Cc2ccc(NC(=O)[C@@H]3CCCN3C(=O)Cc3ccccc3)cc2)cc1. The van der Waals surface area contributed by atoms with Crippen LogP contribution in [0.4, 0.5) is 11.4 Å². The Balaban J connectivity index is 1.10. The second kappa shape index (κ2) is 16.9. The van der Waals surface area contributed by atoms with E-state index in [2.05, 4.69) is 10.6 Å². The summed E-state index contributed by atoms with van der Waals surface area (Å²) in [5.74, 6) is -0.576. The number of amides is 4. The number of hydrogen-bond acceptors (Lipinski definition) is 6. The Kier molecular flexibility index (Phi) is 12.1. The van der Waals surface area contributed by atoms with Crippen molar-refractivity contribution in [1.82, 2.24) is 9.80 Å². The van der Waals surface area contributed by atoms with E-state index in [0.29, 0.717) is 50.3 Å². The van der Waals surface area contributed by atoms with Crippen LogP contribution in [0.2, 0.25) is 0 Å². The number of benzene rings is 3. The molecular weight excluding hydrogens is 604 g/mol. The Labute approximate surface area is 282 Å². The largest absolute Gasteiger partial charge is 0.330 e. The molecule has 2 saturated heterocycles. The zero-order valence-electron chi connectivity index (χ0n) is 27.4. The standard InChI is InChI=1S/C38H46N6O4/c39-23-5-4-10-32(40)38(48)44-25-7-12-34(44)37(47)42-31-21-17-28(18-22-31)14-13-27-15-19-30(20-16-27)41-36(46)33-11-6-24-43(33)35(45)26-29-8-2-1-3-9-29/h1-3,8-9,13-22,32-34H,4-7,10-12,23-26,39-40H2,(H,41,46)(H,42,47)/t32?,33-,34-/m0/s1. The maximum Gasteiger partial charge on any atom is 0.247 e. The minimum atomic E-state index is -0.615. The van der Waals surface area contributed by atoms with E-state index in [1.165, 1.54) is 0 Å². The number of unbranched alkanes of at least 4 members (excludes halogenated alkanes) is 1. The van der Waals surface area contributed by atoms with Gasteiger partial charge in [0.1, 0.15) is 12.1 Å². The summed E-state index contributed by atoms with van der Waals surface area (Å²) in [5, 5.41) is 5.93. The van der Waals surface area contributed by atoms with Gasteiger partial charge in [-0.2, -0.15) is 0 Å². The van der Waals surface area contributed by atoms with Gasteiger partial charge in [-0.25, -0.2) is 0 Å². The number of nitrogens with two attached hydrogens (primary N) is 2. The average Bonchev–Trinajstić information content (AvgIpc) is 3.80. The lowest BCUT2D eigenvalue weighted by Crippen LogP contribution is -2.49. The summed E-state index contributed by atoms with van der Waals surface area (Å²) in [6, 6.07) is 23.0. The molecule has 10 nitrogen and oxygen atoms in total. The van der Waals surface area contributed by atoms with Gasteiger partial charge >= 0.3 is 0 Å². The van der Waals surface area contributed by atoms with Crippen molar-refractivity contribution in [1.29, 1.82) is 0 Å². The molecule has 0 aromatic heterocycles. The van der Waals surface area contributed by atoms with Gasteiger partial charge < -0.3 is 31.9 Å². The van der Waals surface area contributed by atoms with Gasteiger partial charge in [0.15, 0.2) is 0 Å². The second-order valence-corrected chi connectivity index (χ2v) is 12.5. The molecule has 0 spiro atoms. The molecule has 3 aromatic carbocycles. The summed E-state index contributed by atoms with van der Waals surface area (Å²) in [5.41, 5.74) is 15.9. The number of likely N-dealkylation sites (tertiary alicyclic amines) is 2. The van der Waals surface area contributed by atoms with Gasteiger partial charge in [-0.3, -0.25) is 19.2 Å². The zero-order chi connectivity index (χ0) is 33.9. The molecule has 0 saturated carbocycles. The van der Waals surface area contributed by atoms with Gasteiger partial charge in [0, 0.05) is 24.5 Å². The molecule has 2 heterocycles. The van der Waals surface area contributed by atoms with Crippen LogP contribution in [0.1, 0.15) is 61.6 Å². The lowest BCUT2D eigenvalue weighted by atomic mass is 10.1. The monoisotopic (exact) mass is 650 g/mol. The molecule has 252 valence electrons. The Hall–Kier alpha value is -4.80. The zero-order valence-corrected chi connectivity index (χ0v) is 27.4. The lowest BCUT2D eigenvalue weighted by molar-refractivity contribution is -0.137. The Morgan fingerprint density at radius 1 is 0.729 bits per heavy atom. The molecule has 0 radical (unpaired) electrons. The first-order valence-electron chi connectivity index (χ1n) is 16.9. The first-order chi connectivity index (χ1) is 23.3. The number of carbonyl (C=O) groups is 4. The van der Waals surface area contributed by atoms with Crippen LogP contribution in [0.25, 0.3) is 12.2 Å². The quantitative estimate of drug-likeness (QED) is 0.159. The molecule has 1 unspecified atom stereocenters. The first-order valence-corrected chi connectivity index (χ1v) is 16.9. The van der Waals surface area contributed by atoms with Crippen molar-refractivity contribution < 1.29 is 19.2 Å². The van der Waals surface area contributed by atoms with Crippen molar-refractivity contribution in [3.05, 3.63) is 95.6 Å². The molecule has 2 aliphatic heterocycles. The summed E-state index contributed by atoms with van der Waals surface area (Å²) in [4.78, 5) is 55.3. The van der Waals surface area contributed by atoms with Gasteiger partial charge in [-0.1, -0.05) is 73.2 Å².